The summed E-state index contributed by atoms with van der Waals surface area (Å²) in [6, 6.07) is 9.79. The molecule has 2 fully saturated rings. The van der Waals surface area contributed by atoms with E-state index in [1.54, 1.807) is 0 Å². The summed E-state index contributed by atoms with van der Waals surface area (Å²) in [6.45, 7) is 3.71. The Labute approximate surface area is 146 Å². The number of benzene rings is 1. The van der Waals surface area contributed by atoms with Crippen LogP contribution in [0.15, 0.2) is 30.3 Å². The average Bonchev–Trinajstić information content (AvgIpc) is 2.87. The molecule has 1 aromatic carbocycles. The summed E-state index contributed by atoms with van der Waals surface area (Å²) >= 11 is 0. The second kappa shape index (κ2) is 7.95. The van der Waals surface area contributed by atoms with Gasteiger partial charge in [-0.25, -0.2) is 0 Å². The van der Waals surface area contributed by atoms with Gasteiger partial charge in [0.05, 0.1) is 12.6 Å². The summed E-state index contributed by atoms with van der Waals surface area (Å²) in [5.74, 6) is -0.789. The molecule has 2 aliphatic rings. The maximum absolute atomic E-state index is 11.6. The van der Waals surface area contributed by atoms with Crippen molar-refractivity contribution in [2.75, 3.05) is 13.2 Å². The van der Waals surface area contributed by atoms with E-state index in [-0.39, 0.29) is 18.8 Å². The Bertz CT molecular complexity index is 607. The standard InChI is InChI=1S/C18H23NO6/c1-12(20)22-11-17-18(24-13(2)21)16-8-15(10-23-17)25-19(16)9-14-6-4-3-5-7-14/h3-7,15-18H,8-11H2,1-2H3/t15-,16+,17-,18-/m1/s1. The lowest BCUT2D eigenvalue weighted by molar-refractivity contribution is -0.235. The molecular weight excluding hydrogens is 326 g/mol. The maximum Gasteiger partial charge on any atom is 0.303 e. The van der Waals surface area contributed by atoms with Crippen LogP contribution in [0.5, 0.6) is 0 Å². The van der Waals surface area contributed by atoms with Gasteiger partial charge in [-0.1, -0.05) is 30.3 Å². The molecule has 25 heavy (non-hydrogen) atoms. The number of hydrogen-bond acceptors (Lipinski definition) is 7. The third kappa shape index (κ3) is 4.56. The molecule has 2 aliphatic heterocycles. The second-order valence-electron chi connectivity index (χ2n) is 6.34. The summed E-state index contributed by atoms with van der Waals surface area (Å²) in [5.41, 5.74) is 1.10. The van der Waals surface area contributed by atoms with Crippen LogP contribution in [0.2, 0.25) is 0 Å². The van der Waals surface area contributed by atoms with E-state index in [9.17, 15) is 9.59 Å². The average molecular weight is 349 g/mol. The Morgan fingerprint density at radius 1 is 1.20 bits per heavy atom. The van der Waals surface area contributed by atoms with Gasteiger partial charge < -0.3 is 14.2 Å². The maximum atomic E-state index is 11.6. The first-order chi connectivity index (χ1) is 12.0. The third-order valence-electron chi connectivity index (χ3n) is 4.33. The molecule has 4 atom stereocenters. The van der Waals surface area contributed by atoms with Crippen LogP contribution in [0.3, 0.4) is 0 Å². The zero-order chi connectivity index (χ0) is 17.8. The number of rotatable bonds is 5. The van der Waals surface area contributed by atoms with E-state index in [4.69, 9.17) is 19.0 Å². The molecule has 136 valence electrons. The van der Waals surface area contributed by atoms with E-state index < -0.39 is 24.1 Å². The van der Waals surface area contributed by atoms with E-state index in [1.165, 1.54) is 13.8 Å². The van der Waals surface area contributed by atoms with Crippen molar-refractivity contribution < 1.29 is 28.6 Å². The summed E-state index contributed by atoms with van der Waals surface area (Å²) in [4.78, 5) is 28.7. The number of esters is 2. The molecule has 0 aromatic heterocycles. The first kappa shape index (κ1) is 17.8. The van der Waals surface area contributed by atoms with Crippen LogP contribution in [0.4, 0.5) is 0 Å². The molecule has 0 saturated carbocycles. The van der Waals surface area contributed by atoms with Crippen molar-refractivity contribution in [2.24, 2.45) is 0 Å². The van der Waals surface area contributed by atoms with Gasteiger partial charge in [0.1, 0.15) is 24.9 Å². The molecule has 2 bridgehead atoms. The zero-order valence-corrected chi connectivity index (χ0v) is 14.4. The molecular formula is C18H23NO6. The van der Waals surface area contributed by atoms with Crippen LogP contribution in [0, 0.1) is 0 Å². The highest BCUT2D eigenvalue weighted by atomic mass is 16.7. The monoisotopic (exact) mass is 349 g/mol. The fourth-order valence-electron chi connectivity index (χ4n) is 3.28. The second-order valence-corrected chi connectivity index (χ2v) is 6.34. The van der Waals surface area contributed by atoms with Gasteiger partial charge in [0, 0.05) is 20.4 Å². The lowest BCUT2D eigenvalue weighted by atomic mass is 10.0. The van der Waals surface area contributed by atoms with Crippen molar-refractivity contribution in [1.29, 1.82) is 0 Å². The van der Waals surface area contributed by atoms with Crippen LogP contribution in [0.1, 0.15) is 25.8 Å². The van der Waals surface area contributed by atoms with Gasteiger partial charge in [0.2, 0.25) is 0 Å². The molecule has 0 spiro atoms. The van der Waals surface area contributed by atoms with Crippen LogP contribution < -0.4 is 0 Å². The van der Waals surface area contributed by atoms with E-state index in [2.05, 4.69) is 0 Å². The predicted molar refractivity (Wildman–Crippen MR) is 87.2 cm³/mol. The Balaban J connectivity index is 1.77. The highest BCUT2D eigenvalue weighted by Gasteiger charge is 2.47. The molecule has 0 aliphatic carbocycles. The number of carbonyl (C=O) groups excluding carboxylic acids is 2. The Morgan fingerprint density at radius 3 is 2.64 bits per heavy atom. The molecule has 3 rings (SSSR count). The predicted octanol–water partition coefficient (Wildman–Crippen LogP) is 1.45. The minimum absolute atomic E-state index is 0.0513. The largest absolute Gasteiger partial charge is 0.463 e. The molecule has 0 N–H and O–H groups in total. The number of hydrogen-bond donors (Lipinski definition) is 0. The van der Waals surface area contributed by atoms with E-state index in [0.717, 1.165) is 5.56 Å². The van der Waals surface area contributed by atoms with Gasteiger partial charge in [0.25, 0.3) is 0 Å². The molecule has 7 heteroatoms. The van der Waals surface area contributed by atoms with Gasteiger partial charge in [-0.15, -0.1) is 0 Å². The van der Waals surface area contributed by atoms with Crippen molar-refractivity contribution in [3.05, 3.63) is 35.9 Å². The van der Waals surface area contributed by atoms with Gasteiger partial charge in [-0.2, -0.15) is 5.06 Å². The van der Waals surface area contributed by atoms with Crippen molar-refractivity contribution in [3.8, 4) is 0 Å². The number of ether oxygens (including phenoxy) is 3. The normalized spacial score (nSPS) is 29.0. The van der Waals surface area contributed by atoms with Gasteiger partial charge in [-0.3, -0.25) is 14.4 Å². The molecule has 1 aromatic rings. The quantitative estimate of drug-likeness (QED) is 0.745. The lowest BCUT2D eigenvalue weighted by Gasteiger charge is -2.34. The number of nitrogens with zero attached hydrogens (tertiary/aromatic N) is 1. The Kier molecular flexibility index (Phi) is 5.67. The Morgan fingerprint density at radius 2 is 1.96 bits per heavy atom. The first-order valence-electron chi connectivity index (χ1n) is 8.42. The van der Waals surface area contributed by atoms with Crippen molar-refractivity contribution >= 4 is 11.9 Å². The fourth-order valence-corrected chi connectivity index (χ4v) is 3.28. The minimum atomic E-state index is -0.562. The summed E-state index contributed by atoms with van der Waals surface area (Å²) in [6.07, 6.45) is -0.478. The third-order valence-corrected chi connectivity index (χ3v) is 4.33. The van der Waals surface area contributed by atoms with Gasteiger partial charge >= 0.3 is 11.9 Å². The van der Waals surface area contributed by atoms with Crippen LogP contribution in [0.25, 0.3) is 0 Å². The summed E-state index contributed by atoms with van der Waals surface area (Å²) in [7, 11) is 0. The molecule has 2 saturated heterocycles. The summed E-state index contributed by atoms with van der Waals surface area (Å²) < 4.78 is 16.4. The molecule has 2 heterocycles. The van der Waals surface area contributed by atoms with E-state index in [0.29, 0.717) is 19.6 Å². The number of carbonyl (C=O) groups is 2. The van der Waals surface area contributed by atoms with Crippen molar-refractivity contribution in [2.45, 2.75) is 51.2 Å². The highest BCUT2D eigenvalue weighted by molar-refractivity contribution is 5.66. The van der Waals surface area contributed by atoms with Crippen molar-refractivity contribution in [1.82, 2.24) is 5.06 Å². The SMILES string of the molecule is CC(=O)OC[C@H]1OC[C@H]2C[C@@H]([C@H]1OC(C)=O)N(Cc1ccccc1)O2. The fraction of sp³-hybridized carbons (Fsp3) is 0.556. The number of hydroxylamine groups is 2. The summed E-state index contributed by atoms with van der Waals surface area (Å²) in [5, 5.41) is 1.86. The first-order valence-corrected chi connectivity index (χ1v) is 8.42. The molecule has 0 radical (unpaired) electrons. The van der Waals surface area contributed by atoms with E-state index in [1.807, 2.05) is 35.4 Å². The molecule has 0 amide bonds. The number of fused-ring (bicyclic) bond motifs is 2. The van der Waals surface area contributed by atoms with Gasteiger partial charge in [-0.05, 0) is 12.0 Å². The van der Waals surface area contributed by atoms with Crippen LogP contribution >= 0.6 is 0 Å². The topological polar surface area (TPSA) is 74.3 Å². The zero-order valence-electron chi connectivity index (χ0n) is 14.4. The van der Waals surface area contributed by atoms with Gasteiger partial charge in [0.15, 0.2) is 0 Å². The van der Waals surface area contributed by atoms with Crippen LogP contribution in [-0.4, -0.2) is 54.6 Å². The molecule has 7 nitrogen and oxygen atoms in total. The highest BCUT2D eigenvalue weighted by Crippen LogP contribution is 2.32. The van der Waals surface area contributed by atoms with E-state index >= 15 is 0 Å². The lowest BCUT2D eigenvalue weighted by Crippen LogP contribution is -2.50. The minimum Gasteiger partial charge on any atom is -0.463 e. The smallest absolute Gasteiger partial charge is 0.303 e. The molecule has 0 unspecified atom stereocenters. The Hall–Kier alpha value is -1.96. The van der Waals surface area contributed by atoms with Crippen LogP contribution in [-0.2, 0) is 35.2 Å². The van der Waals surface area contributed by atoms with Crippen molar-refractivity contribution in [3.63, 3.8) is 0 Å².